The Balaban J connectivity index is 0.00000280. The van der Waals surface area contributed by atoms with Gasteiger partial charge in [-0.2, -0.15) is 0 Å². The summed E-state index contributed by atoms with van der Waals surface area (Å²) in [6.45, 7) is -0.0238. The Kier molecular flexibility index (Phi) is 7.84. The molecule has 0 aliphatic carbocycles. The van der Waals surface area contributed by atoms with Crippen molar-refractivity contribution in [3.8, 4) is 23.8 Å². The van der Waals surface area contributed by atoms with Crippen molar-refractivity contribution >= 4 is 34.8 Å². The molecule has 28 heavy (non-hydrogen) atoms. The fourth-order valence-corrected chi connectivity index (χ4v) is 2.52. The number of terminal acetylenes is 1. The van der Waals surface area contributed by atoms with E-state index >= 15 is 0 Å². The molecule has 3 rings (SSSR count). The van der Waals surface area contributed by atoms with Crippen LogP contribution < -0.4 is 14.8 Å². The number of aromatic nitrogens is 2. The van der Waals surface area contributed by atoms with Crippen LogP contribution >= 0.6 is 12.4 Å². The lowest BCUT2D eigenvalue weighted by molar-refractivity contribution is 0.178. The summed E-state index contributed by atoms with van der Waals surface area (Å²) in [6, 6.07) is 10.9. The maximum atomic E-state index is 9.05. The highest BCUT2D eigenvalue weighted by Gasteiger charge is 2.12. The van der Waals surface area contributed by atoms with E-state index in [1.54, 1.807) is 12.1 Å². The van der Waals surface area contributed by atoms with Gasteiger partial charge in [-0.3, -0.25) is 0 Å². The van der Waals surface area contributed by atoms with Crippen LogP contribution in [0.1, 0.15) is 5.56 Å². The molecule has 1 heterocycles. The summed E-state index contributed by atoms with van der Waals surface area (Å²) in [6.07, 6.45) is 6.90. The van der Waals surface area contributed by atoms with Gasteiger partial charge in [0.1, 0.15) is 25.4 Å². The number of aliphatic hydroxyl groups is 2. The summed E-state index contributed by atoms with van der Waals surface area (Å²) in [7, 11) is 0. The smallest absolute Gasteiger partial charge is 0.163 e. The van der Waals surface area contributed by atoms with E-state index in [0.29, 0.717) is 28.2 Å². The van der Waals surface area contributed by atoms with E-state index in [4.69, 9.17) is 26.1 Å². The molecule has 0 atom stereocenters. The zero-order valence-corrected chi connectivity index (χ0v) is 15.8. The molecular formula is C20H20ClN3O4. The van der Waals surface area contributed by atoms with Gasteiger partial charge in [-0.1, -0.05) is 12.0 Å². The second kappa shape index (κ2) is 10.3. The second-order valence-electron chi connectivity index (χ2n) is 5.53. The Morgan fingerprint density at radius 2 is 1.71 bits per heavy atom. The molecule has 1 aromatic heterocycles. The Bertz CT molecular complexity index is 975. The van der Waals surface area contributed by atoms with Crippen LogP contribution in [0.15, 0.2) is 42.7 Å². The summed E-state index contributed by atoms with van der Waals surface area (Å²) in [5, 5.41) is 22.0. The van der Waals surface area contributed by atoms with Gasteiger partial charge in [0.15, 0.2) is 11.5 Å². The summed E-state index contributed by atoms with van der Waals surface area (Å²) in [5.74, 6) is 4.04. The van der Waals surface area contributed by atoms with Crippen LogP contribution in [0.5, 0.6) is 11.5 Å². The fraction of sp³-hybridized carbons (Fsp3) is 0.200. The molecule has 2 aromatic carbocycles. The van der Waals surface area contributed by atoms with E-state index in [9.17, 15) is 0 Å². The van der Waals surface area contributed by atoms with E-state index in [0.717, 1.165) is 11.3 Å². The lowest BCUT2D eigenvalue weighted by atomic mass is 10.2. The predicted molar refractivity (Wildman–Crippen MR) is 110 cm³/mol. The van der Waals surface area contributed by atoms with Crippen molar-refractivity contribution in [2.24, 2.45) is 0 Å². The first-order valence-electron chi connectivity index (χ1n) is 8.35. The number of nitrogens with one attached hydrogen (secondary N) is 1. The third-order valence-electron chi connectivity index (χ3n) is 3.69. The molecule has 3 aromatic rings. The average molecular weight is 408 g/mol. The summed E-state index contributed by atoms with van der Waals surface area (Å²) >= 11 is 0. The van der Waals surface area contributed by atoms with Crippen molar-refractivity contribution in [1.29, 1.82) is 0 Å². The lowest BCUT2D eigenvalue weighted by Crippen LogP contribution is -2.07. The van der Waals surface area contributed by atoms with Crippen LogP contribution in [0.2, 0.25) is 0 Å². The van der Waals surface area contributed by atoms with E-state index in [2.05, 4.69) is 21.2 Å². The van der Waals surface area contributed by atoms with Gasteiger partial charge < -0.3 is 25.0 Å². The standard InChI is InChI=1S/C20H19N3O4.ClH/c1-2-14-4-3-5-15(10-14)23-20-16-11-18(26-8-6-24)19(27-9-7-25)12-17(16)21-13-22-20;/h1,3-5,10-13,24-25H,6-9H2,(H,21,22,23);1H/i3+1,4+1,5+1,10+1,14+1,15+1;. The first-order chi connectivity index (χ1) is 13.2. The fourth-order valence-electron chi connectivity index (χ4n) is 2.52. The number of rotatable bonds is 8. The first-order valence-corrected chi connectivity index (χ1v) is 8.35. The van der Waals surface area contributed by atoms with Crippen LogP contribution in [0.25, 0.3) is 10.9 Å². The molecular weight excluding hydrogens is 388 g/mol. The topological polar surface area (TPSA) is 96.7 Å². The molecule has 0 aliphatic rings. The van der Waals surface area contributed by atoms with Crippen molar-refractivity contribution in [1.82, 2.24) is 9.97 Å². The molecule has 0 saturated carbocycles. The minimum Gasteiger partial charge on any atom is -0.487 e. The number of anilines is 2. The minimum absolute atomic E-state index is 0. The zero-order valence-electron chi connectivity index (χ0n) is 15.0. The molecule has 7 nitrogen and oxygen atoms in total. The number of aliphatic hydroxyl groups excluding tert-OH is 2. The number of hydrogen-bond donors (Lipinski definition) is 3. The van der Waals surface area contributed by atoms with Gasteiger partial charge in [0.25, 0.3) is 0 Å². The largest absolute Gasteiger partial charge is 0.487 e. The average Bonchev–Trinajstić information content (AvgIpc) is 2.71. The third kappa shape index (κ3) is 5.02. The number of benzene rings is 2. The molecule has 8 heteroatoms. The molecule has 0 saturated heterocycles. The van der Waals surface area contributed by atoms with Gasteiger partial charge in [0.2, 0.25) is 0 Å². The van der Waals surface area contributed by atoms with Crippen molar-refractivity contribution < 1.29 is 19.7 Å². The molecule has 0 radical (unpaired) electrons. The SMILES string of the molecule is C#C[13c]1[13cH][13cH][13cH][13c](Nc2ncnc3cc(OCCO)c(OCCO)cc23)[13cH]1.Cl. The quantitative estimate of drug-likeness (QED) is 0.494. The van der Waals surface area contributed by atoms with Gasteiger partial charge in [0, 0.05) is 22.7 Å². The monoisotopic (exact) mass is 407 g/mol. The molecule has 146 valence electrons. The Hall–Kier alpha value is -3.05. The van der Waals surface area contributed by atoms with Crippen molar-refractivity contribution in [3.05, 3.63) is 48.3 Å². The number of halogens is 1. The van der Waals surface area contributed by atoms with Crippen molar-refractivity contribution in [2.45, 2.75) is 0 Å². The lowest BCUT2D eigenvalue weighted by Gasteiger charge is -2.14. The number of nitrogens with zero attached hydrogens (tertiary/aromatic N) is 2. The number of ether oxygens (including phenoxy) is 2. The van der Waals surface area contributed by atoms with Gasteiger partial charge in [-0.15, -0.1) is 18.8 Å². The zero-order chi connectivity index (χ0) is 19.1. The molecule has 0 amide bonds. The molecule has 0 bridgehead atoms. The molecule has 0 aliphatic heterocycles. The van der Waals surface area contributed by atoms with Crippen LogP contribution in [-0.4, -0.2) is 46.6 Å². The summed E-state index contributed by atoms with van der Waals surface area (Å²) in [4.78, 5) is 8.59. The number of hydrogen-bond acceptors (Lipinski definition) is 7. The van der Waals surface area contributed by atoms with Crippen LogP contribution in [-0.2, 0) is 0 Å². The Morgan fingerprint density at radius 3 is 2.39 bits per heavy atom. The molecule has 0 spiro atoms. The van der Waals surface area contributed by atoms with Crippen molar-refractivity contribution in [2.75, 3.05) is 31.7 Å². The Morgan fingerprint density at radius 1 is 1.00 bits per heavy atom. The van der Waals surface area contributed by atoms with Crippen molar-refractivity contribution in [3.63, 3.8) is 0 Å². The molecule has 0 fully saturated rings. The summed E-state index contributed by atoms with van der Waals surface area (Å²) < 4.78 is 11.1. The predicted octanol–water partition coefficient (Wildman–Crippen LogP) is 2.52. The van der Waals surface area contributed by atoms with E-state index < -0.39 is 0 Å². The van der Waals surface area contributed by atoms with Crippen LogP contribution in [0, 0.1) is 12.3 Å². The summed E-state index contributed by atoms with van der Waals surface area (Å²) in [5.41, 5.74) is 2.19. The van der Waals surface area contributed by atoms with Gasteiger partial charge >= 0.3 is 0 Å². The second-order valence-corrected chi connectivity index (χ2v) is 5.53. The van der Waals surface area contributed by atoms with E-state index in [1.165, 1.54) is 6.33 Å². The highest BCUT2D eigenvalue weighted by atomic mass is 35.5. The van der Waals surface area contributed by atoms with Crippen LogP contribution in [0.4, 0.5) is 11.5 Å². The highest BCUT2D eigenvalue weighted by Crippen LogP contribution is 2.35. The minimum atomic E-state index is -0.132. The highest BCUT2D eigenvalue weighted by molar-refractivity contribution is 5.93. The van der Waals surface area contributed by atoms with Gasteiger partial charge in [-0.05, 0) is 24.3 Å². The van der Waals surface area contributed by atoms with E-state index in [1.807, 2.05) is 24.3 Å². The third-order valence-corrected chi connectivity index (χ3v) is 3.69. The normalized spacial score (nSPS) is 10.0. The number of fused-ring (bicyclic) bond motifs is 1. The van der Waals surface area contributed by atoms with E-state index in [-0.39, 0.29) is 38.8 Å². The molecule has 3 N–H and O–H groups in total. The maximum absolute atomic E-state index is 9.05. The van der Waals surface area contributed by atoms with Crippen LogP contribution in [0.3, 0.4) is 0 Å². The first kappa shape index (κ1) is 21.3. The maximum Gasteiger partial charge on any atom is 0.163 e. The molecule has 0 unspecified atom stereocenters. The van der Waals surface area contributed by atoms with Gasteiger partial charge in [-0.25, -0.2) is 9.97 Å². The Labute approximate surface area is 168 Å². The van der Waals surface area contributed by atoms with Gasteiger partial charge in [0.05, 0.1) is 18.7 Å².